The molecule has 1 fully saturated rings. The average molecular weight is 372 g/mol. The molecule has 0 aliphatic carbocycles. The summed E-state index contributed by atoms with van der Waals surface area (Å²) in [5.74, 6) is 0.129. The van der Waals surface area contributed by atoms with Gasteiger partial charge in [0.2, 0.25) is 10.0 Å². The molecule has 1 aliphatic heterocycles. The average Bonchev–Trinajstić information content (AvgIpc) is 2.61. The highest BCUT2D eigenvalue weighted by molar-refractivity contribution is 7.89. The Bertz CT molecular complexity index is 726. The van der Waals surface area contributed by atoms with Crippen molar-refractivity contribution in [2.24, 2.45) is 0 Å². The monoisotopic (exact) mass is 372 g/mol. The SMILES string of the molecule is COC(=O)Cc1cc(OC)c(OC)cc1S(=O)(=O)N1CCN(C)CC1. The van der Waals surface area contributed by atoms with Crippen molar-refractivity contribution in [1.82, 2.24) is 9.21 Å². The highest BCUT2D eigenvalue weighted by atomic mass is 32.2. The van der Waals surface area contributed by atoms with Crippen LogP contribution in [0.2, 0.25) is 0 Å². The number of methoxy groups -OCH3 is 3. The van der Waals surface area contributed by atoms with Crippen LogP contribution >= 0.6 is 0 Å². The molecule has 1 aromatic carbocycles. The second-order valence-corrected chi connectivity index (χ2v) is 7.68. The fourth-order valence-corrected chi connectivity index (χ4v) is 4.32. The van der Waals surface area contributed by atoms with E-state index in [1.807, 2.05) is 7.05 Å². The molecule has 1 aromatic rings. The van der Waals surface area contributed by atoms with Gasteiger partial charge < -0.3 is 19.1 Å². The highest BCUT2D eigenvalue weighted by Gasteiger charge is 2.31. The molecular weight excluding hydrogens is 348 g/mol. The minimum absolute atomic E-state index is 0.0418. The predicted octanol–water partition coefficient (Wildman–Crippen LogP) is 0.355. The van der Waals surface area contributed by atoms with E-state index in [0.29, 0.717) is 43.2 Å². The Morgan fingerprint density at radius 1 is 1.04 bits per heavy atom. The van der Waals surface area contributed by atoms with E-state index in [9.17, 15) is 13.2 Å². The van der Waals surface area contributed by atoms with Gasteiger partial charge in [0.25, 0.3) is 0 Å². The van der Waals surface area contributed by atoms with Gasteiger partial charge in [-0.05, 0) is 18.7 Å². The lowest BCUT2D eigenvalue weighted by Crippen LogP contribution is -2.47. The van der Waals surface area contributed by atoms with Gasteiger partial charge in [0, 0.05) is 32.2 Å². The molecule has 0 atom stereocenters. The van der Waals surface area contributed by atoms with Crippen LogP contribution in [0.3, 0.4) is 0 Å². The fourth-order valence-electron chi connectivity index (χ4n) is 2.68. The van der Waals surface area contributed by atoms with Gasteiger partial charge in [0.15, 0.2) is 11.5 Å². The van der Waals surface area contributed by atoms with Crippen molar-refractivity contribution in [3.05, 3.63) is 17.7 Å². The summed E-state index contributed by atoms with van der Waals surface area (Å²) in [6.45, 7) is 2.09. The molecule has 25 heavy (non-hydrogen) atoms. The van der Waals surface area contributed by atoms with Crippen LogP contribution in [0.1, 0.15) is 5.56 Å². The molecule has 0 radical (unpaired) electrons. The van der Waals surface area contributed by atoms with Crippen molar-refractivity contribution >= 4 is 16.0 Å². The largest absolute Gasteiger partial charge is 0.493 e. The number of ether oxygens (including phenoxy) is 3. The van der Waals surface area contributed by atoms with Crippen molar-refractivity contribution in [3.8, 4) is 11.5 Å². The van der Waals surface area contributed by atoms with E-state index < -0.39 is 16.0 Å². The molecule has 0 N–H and O–H groups in total. The summed E-state index contributed by atoms with van der Waals surface area (Å²) in [4.78, 5) is 13.8. The molecule has 0 spiro atoms. The molecule has 0 saturated carbocycles. The van der Waals surface area contributed by atoms with E-state index in [1.54, 1.807) is 0 Å². The summed E-state index contributed by atoms with van der Waals surface area (Å²) in [7, 11) is 2.33. The number of piperazine rings is 1. The number of likely N-dealkylation sites (N-methyl/N-ethyl adjacent to an activating group) is 1. The summed E-state index contributed by atoms with van der Waals surface area (Å²) >= 11 is 0. The van der Waals surface area contributed by atoms with E-state index in [4.69, 9.17) is 9.47 Å². The summed E-state index contributed by atoms with van der Waals surface area (Å²) in [5, 5.41) is 0. The standard InChI is InChI=1S/C16H24N2O6S/c1-17-5-7-18(8-6-17)25(20,21)15-11-14(23-3)13(22-2)9-12(15)10-16(19)24-4/h9,11H,5-8,10H2,1-4H3. The maximum absolute atomic E-state index is 13.1. The number of carbonyl (C=O) groups is 1. The van der Waals surface area contributed by atoms with Crippen LogP contribution in [0.15, 0.2) is 17.0 Å². The lowest BCUT2D eigenvalue weighted by molar-refractivity contribution is -0.139. The van der Waals surface area contributed by atoms with Crippen LogP contribution in [-0.2, 0) is 26.0 Å². The summed E-state index contributed by atoms with van der Waals surface area (Å²) < 4.78 is 42.8. The molecule has 1 saturated heterocycles. The van der Waals surface area contributed by atoms with Gasteiger partial charge in [0.05, 0.1) is 32.6 Å². The zero-order valence-corrected chi connectivity index (χ0v) is 15.8. The number of hydrogen-bond donors (Lipinski definition) is 0. The number of carbonyl (C=O) groups excluding carboxylic acids is 1. The number of esters is 1. The first-order chi connectivity index (χ1) is 11.8. The molecule has 0 amide bonds. The van der Waals surface area contributed by atoms with E-state index >= 15 is 0 Å². The van der Waals surface area contributed by atoms with Gasteiger partial charge in [-0.3, -0.25) is 4.79 Å². The smallest absolute Gasteiger partial charge is 0.310 e. The van der Waals surface area contributed by atoms with Gasteiger partial charge >= 0.3 is 5.97 Å². The number of nitrogens with zero attached hydrogens (tertiary/aromatic N) is 2. The second-order valence-electron chi connectivity index (χ2n) is 5.78. The topological polar surface area (TPSA) is 85.4 Å². The van der Waals surface area contributed by atoms with Gasteiger partial charge in [0.1, 0.15) is 0 Å². The van der Waals surface area contributed by atoms with Crippen LogP contribution in [0.25, 0.3) is 0 Å². The Morgan fingerprint density at radius 3 is 2.12 bits per heavy atom. The second kappa shape index (κ2) is 8.03. The summed E-state index contributed by atoms with van der Waals surface area (Å²) in [5.41, 5.74) is 0.323. The van der Waals surface area contributed by atoms with Crippen molar-refractivity contribution in [1.29, 1.82) is 0 Å². The lowest BCUT2D eigenvalue weighted by atomic mass is 10.1. The Balaban J connectivity index is 2.50. The first kappa shape index (κ1) is 19.5. The summed E-state index contributed by atoms with van der Waals surface area (Å²) in [6, 6.07) is 2.92. The predicted molar refractivity (Wildman–Crippen MR) is 91.5 cm³/mol. The van der Waals surface area contributed by atoms with Crippen LogP contribution < -0.4 is 9.47 Å². The number of benzene rings is 1. The number of rotatable bonds is 6. The molecule has 9 heteroatoms. The van der Waals surface area contributed by atoms with Crippen LogP contribution in [-0.4, -0.2) is 78.1 Å². The minimum atomic E-state index is -3.76. The van der Waals surface area contributed by atoms with Crippen molar-refractivity contribution < 1.29 is 27.4 Å². The molecule has 2 rings (SSSR count). The Morgan fingerprint density at radius 2 is 1.60 bits per heavy atom. The minimum Gasteiger partial charge on any atom is -0.493 e. The van der Waals surface area contributed by atoms with Gasteiger partial charge in [-0.1, -0.05) is 0 Å². The fraction of sp³-hybridized carbons (Fsp3) is 0.562. The summed E-state index contributed by atoms with van der Waals surface area (Å²) in [6.07, 6.45) is -0.167. The third kappa shape index (κ3) is 4.23. The van der Waals surface area contributed by atoms with E-state index in [-0.39, 0.29) is 11.3 Å². The van der Waals surface area contributed by atoms with E-state index in [1.165, 1.54) is 37.8 Å². The molecule has 0 bridgehead atoms. The highest BCUT2D eigenvalue weighted by Crippen LogP contribution is 2.34. The molecule has 1 heterocycles. The zero-order valence-electron chi connectivity index (χ0n) is 14.9. The first-order valence-corrected chi connectivity index (χ1v) is 9.28. The normalized spacial score (nSPS) is 16.5. The van der Waals surface area contributed by atoms with Crippen LogP contribution in [0, 0.1) is 0 Å². The first-order valence-electron chi connectivity index (χ1n) is 7.84. The maximum Gasteiger partial charge on any atom is 0.310 e. The number of hydrogen-bond acceptors (Lipinski definition) is 7. The van der Waals surface area contributed by atoms with E-state index in [0.717, 1.165) is 0 Å². The van der Waals surface area contributed by atoms with Crippen molar-refractivity contribution in [2.45, 2.75) is 11.3 Å². The zero-order chi connectivity index (χ0) is 18.6. The Hall–Kier alpha value is -1.84. The van der Waals surface area contributed by atoms with Gasteiger partial charge in [-0.25, -0.2) is 8.42 Å². The van der Waals surface area contributed by atoms with E-state index in [2.05, 4.69) is 9.64 Å². The molecule has 140 valence electrons. The molecule has 8 nitrogen and oxygen atoms in total. The third-order valence-corrected chi connectivity index (χ3v) is 6.19. The number of sulfonamides is 1. The Labute approximate surface area is 148 Å². The molecule has 0 aromatic heterocycles. The third-order valence-electron chi connectivity index (χ3n) is 4.21. The van der Waals surface area contributed by atoms with Crippen molar-refractivity contribution in [2.75, 3.05) is 54.6 Å². The lowest BCUT2D eigenvalue weighted by Gasteiger charge is -2.32. The maximum atomic E-state index is 13.1. The van der Waals surface area contributed by atoms with Crippen LogP contribution in [0.4, 0.5) is 0 Å². The molecule has 0 unspecified atom stereocenters. The molecule has 1 aliphatic rings. The van der Waals surface area contributed by atoms with Crippen LogP contribution in [0.5, 0.6) is 11.5 Å². The Kier molecular flexibility index (Phi) is 6.26. The van der Waals surface area contributed by atoms with Gasteiger partial charge in [-0.2, -0.15) is 4.31 Å². The quantitative estimate of drug-likeness (QED) is 0.666. The molecular formula is C16H24N2O6S. The van der Waals surface area contributed by atoms with Gasteiger partial charge in [-0.15, -0.1) is 0 Å². The van der Waals surface area contributed by atoms with Crippen molar-refractivity contribution in [3.63, 3.8) is 0 Å².